The number of rotatable bonds is 7. The molecule has 1 amide bonds. The van der Waals surface area contributed by atoms with Crippen LogP contribution in [0.4, 0.5) is 4.79 Å². The molecule has 4 nitrogen and oxygen atoms in total. The first-order valence-electron chi connectivity index (χ1n) is 9.46. The number of amides is 1. The molecular weight excluding hydrogens is 324 g/mol. The third-order valence-corrected chi connectivity index (χ3v) is 4.93. The number of hydrogen-bond acceptors (Lipinski definition) is 3. The number of nitrogens with zero attached hydrogens (tertiary/aromatic N) is 1. The summed E-state index contributed by atoms with van der Waals surface area (Å²) in [5.74, 6) is 0.266. The van der Waals surface area contributed by atoms with Gasteiger partial charge in [0.25, 0.3) is 0 Å². The highest BCUT2D eigenvalue weighted by Gasteiger charge is 2.24. The summed E-state index contributed by atoms with van der Waals surface area (Å²) in [4.78, 5) is 14.6. The Balaban J connectivity index is 1.62. The minimum Gasteiger partial charge on any atom is -0.445 e. The van der Waals surface area contributed by atoms with E-state index in [9.17, 15) is 4.79 Å². The van der Waals surface area contributed by atoms with Gasteiger partial charge in [-0.3, -0.25) is 0 Å². The topological polar surface area (TPSA) is 41.6 Å². The third kappa shape index (κ3) is 5.33. The summed E-state index contributed by atoms with van der Waals surface area (Å²) < 4.78 is 5.60. The Morgan fingerprint density at radius 3 is 2.50 bits per heavy atom. The molecule has 0 radical (unpaired) electrons. The van der Waals surface area contributed by atoms with Crippen molar-refractivity contribution in [3.8, 4) is 0 Å². The summed E-state index contributed by atoms with van der Waals surface area (Å²) >= 11 is 0. The highest BCUT2D eigenvalue weighted by molar-refractivity contribution is 5.67. The van der Waals surface area contributed by atoms with E-state index in [0.29, 0.717) is 25.7 Å². The second-order valence-electron chi connectivity index (χ2n) is 7.05. The van der Waals surface area contributed by atoms with Crippen molar-refractivity contribution in [2.75, 3.05) is 19.6 Å². The van der Waals surface area contributed by atoms with E-state index >= 15 is 0 Å². The van der Waals surface area contributed by atoms with Crippen LogP contribution in [0.15, 0.2) is 60.7 Å². The van der Waals surface area contributed by atoms with Crippen LogP contribution >= 0.6 is 0 Å². The zero-order valence-corrected chi connectivity index (χ0v) is 15.4. The molecule has 4 heteroatoms. The van der Waals surface area contributed by atoms with Gasteiger partial charge in [-0.15, -0.1) is 0 Å². The van der Waals surface area contributed by atoms with Crippen molar-refractivity contribution in [3.63, 3.8) is 0 Å². The standard InChI is InChI=1S/C22H28N2O2/c1-18(20-11-6-3-7-12-20)15-24(16-21-13-8-14-23-21)22(25)26-17-19-9-4-2-5-10-19/h2-7,9-12,18,21,23H,8,13-17H2,1H3/t18-,21-/m0/s1. The van der Waals surface area contributed by atoms with Gasteiger partial charge in [0.15, 0.2) is 0 Å². The predicted octanol–water partition coefficient (Wildman–Crippen LogP) is 4.18. The Labute approximate surface area is 156 Å². The second kappa shape index (κ2) is 9.39. The van der Waals surface area contributed by atoms with Gasteiger partial charge in [-0.1, -0.05) is 67.6 Å². The highest BCUT2D eigenvalue weighted by Crippen LogP contribution is 2.18. The average molecular weight is 352 g/mol. The summed E-state index contributed by atoms with van der Waals surface area (Å²) in [6, 6.07) is 20.5. The molecule has 2 aromatic carbocycles. The molecule has 0 bridgehead atoms. The monoisotopic (exact) mass is 352 g/mol. The maximum atomic E-state index is 12.7. The fourth-order valence-corrected chi connectivity index (χ4v) is 3.43. The molecule has 0 spiro atoms. The van der Waals surface area contributed by atoms with E-state index in [1.165, 1.54) is 12.0 Å². The summed E-state index contributed by atoms with van der Waals surface area (Å²) in [6.07, 6.45) is 2.05. The zero-order valence-electron chi connectivity index (χ0n) is 15.4. The minimum absolute atomic E-state index is 0.231. The van der Waals surface area contributed by atoms with Gasteiger partial charge < -0.3 is 15.0 Å². The molecule has 1 N–H and O–H groups in total. The van der Waals surface area contributed by atoms with Crippen LogP contribution in [0.25, 0.3) is 0 Å². The van der Waals surface area contributed by atoms with Crippen LogP contribution in [0.2, 0.25) is 0 Å². The summed E-state index contributed by atoms with van der Waals surface area (Å²) in [6.45, 7) is 4.87. The van der Waals surface area contributed by atoms with Crippen LogP contribution in [0.1, 0.15) is 36.8 Å². The van der Waals surface area contributed by atoms with Crippen molar-refractivity contribution < 1.29 is 9.53 Å². The lowest BCUT2D eigenvalue weighted by Crippen LogP contribution is -2.43. The van der Waals surface area contributed by atoms with Crippen LogP contribution in [0.5, 0.6) is 0 Å². The maximum Gasteiger partial charge on any atom is 0.410 e. The number of carbonyl (C=O) groups excluding carboxylic acids is 1. The maximum absolute atomic E-state index is 12.7. The van der Waals surface area contributed by atoms with Gasteiger partial charge in [-0.05, 0) is 36.4 Å². The molecule has 1 heterocycles. The fourth-order valence-electron chi connectivity index (χ4n) is 3.43. The number of hydrogen-bond donors (Lipinski definition) is 1. The lowest BCUT2D eigenvalue weighted by atomic mass is 10.0. The third-order valence-electron chi connectivity index (χ3n) is 4.93. The molecule has 1 fully saturated rings. The van der Waals surface area contributed by atoms with E-state index < -0.39 is 0 Å². The number of ether oxygens (including phenoxy) is 1. The molecule has 0 aliphatic carbocycles. The smallest absolute Gasteiger partial charge is 0.410 e. The lowest BCUT2D eigenvalue weighted by Gasteiger charge is -2.28. The van der Waals surface area contributed by atoms with Gasteiger partial charge in [0, 0.05) is 19.1 Å². The van der Waals surface area contributed by atoms with Crippen molar-refractivity contribution in [1.82, 2.24) is 10.2 Å². The summed E-state index contributed by atoms with van der Waals surface area (Å²) in [5, 5.41) is 3.48. The fraction of sp³-hybridized carbons (Fsp3) is 0.409. The average Bonchev–Trinajstić information content (AvgIpc) is 3.20. The summed E-state index contributed by atoms with van der Waals surface area (Å²) in [5.41, 5.74) is 2.25. The van der Waals surface area contributed by atoms with E-state index in [1.54, 1.807) is 0 Å². The quantitative estimate of drug-likeness (QED) is 0.813. The van der Waals surface area contributed by atoms with Crippen molar-refractivity contribution >= 4 is 6.09 Å². The van der Waals surface area contributed by atoms with Gasteiger partial charge in [0.05, 0.1) is 0 Å². The molecule has 1 aliphatic rings. The molecule has 1 saturated heterocycles. The SMILES string of the molecule is C[C@@H](CN(C[C@@H]1CCCN1)C(=O)OCc1ccccc1)c1ccccc1. The zero-order chi connectivity index (χ0) is 18.2. The van der Waals surface area contributed by atoms with Crippen LogP contribution in [-0.2, 0) is 11.3 Å². The first-order valence-corrected chi connectivity index (χ1v) is 9.46. The number of nitrogens with one attached hydrogen (secondary N) is 1. The van der Waals surface area contributed by atoms with Gasteiger partial charge in [0.2, 0.25) is 0 Å². The Morgan fingerprint density at radius 1 is 1.15 bits per heavy atom. The molecule has 0 unspecified atom stereocenters. The van der Waals surface area contributed by atoms with Crippen molar-refractivity contribution in [2.45, 2.75) is 38.3 Å². The number of carbonyl (C=O) groups is 1. The minimum atomic E-state index is -0.231. The van der Waals surface area contributed by atoms with Crippen molar-refractivity contribution in [1.29, 1.82) is 0 Å². The van der Waals surface area contributed by atoms with E-state index in [1.807, 2.05) is 53.4 Å². The lowest BCUT2D eigenvalue weighted by molar-refractivity contribution is 0.0913. The van der Waals surface area contributed by atoms with Crippen LogP contribution in [-0.4, -0.2) is 36.7 Å². The molecule has 3 rings (SSSR count). The predicted molar refractivity (Wildman–Crippen MR) is 104 cm³/mol. The van der Waals surface area contributed by atoms with Gasteiger partial charge >= 0.3 is 6.09 Å². The van der Waals surface area contributed by atoms with Crippen LogP contribution in [0.3, 0.4) is 0 Å². The van der Waals surface area contributed by atoms with Gasteiger partial charge in [0.1, 0.15) is 6.61 Å². The molecular formula is C22H28N2O2. The Morgan fingerprint density at radius 2 is 1.85 bits per heavy atom. The normalized spacial score (nSPS) is 17.7. The Bertz CT molecular complexity index is 669. The largest absolute Gasteiger partial charge is 0.445 e. The first kappa shape index (κ1) is 18.5. The molecule has 26 heavy (non-hydrogen) atoms. The van der Waals surface area contributed by atoms with E-state index in [4.69, 9.17) is 4.74 Å². The van der Waals surface area contributed by atoms with Gasteiger partial charge in [-0.2, -0.15) is 0 Å². The summed E-state index contributed by atoms with van der Waals surface area (Å²) in [7, 11) is 0. The molecule has 0 saturated carbocycles. The van der Waals surface area contributed by atoms with Crippen molar-refractivity contribution in [3.05, 3.63) is 71.8 Å². The van der Waals surface area contributed by atoms with Crippen LogP contribution in [0, 0.1) is 0 Å². The van der Waals surface area contributed by atoms with Crippen LogP contribution < -0.4 is 5.32 Å². The molecule has 0 aromatic heterocycles. The van der Waals surface area contributed by atoms with E-state index in [2.05, 4.69) is 24.4 Å². The van der Waals surface area contributed by atoms with Gasteiger partial charge in [-0.25, -0.2) is 4.79 Å². The first-order chi connectivity index (χ1) is 12.7. The van der Waals surface area contributed by atoms with Crippen molar-refractivity contribution in [2.24, 2.45) is 0 Å². The molecule has 2 atom stereocenters. The Hall–Kier alpha value is -2.33. The molecule has 2 aromatic rings. The highest BCUT2D eigenvalue weighted by atomic mass is 16.6. The molecule has 138 valence electrons. The van der Waals surface area contributed by atoms with E-state index in [-0.39, 0.29) is 12.0 Å². The van der Waals surface area contributed by atoms with E-state index in [0.717, 1.165) is 18.5 Å². The second-order valence-corrected chi connectivity index (χ2v) is 7.05. The molecule has 1 aliphatic heterocycles. The Kier molecular flexibility index (Phi) is 6.67. The number of benzene rings is 2.